The Morgan fingerprint density at radius 2 is 2.25 bits per heavy atom. The maximum absolute atomic E-state index is 11.9. The third-order valence-corrected chi connectivity index (χ3v) is 3.42. The molecule has 2 rings (SSSR count). The van der Waals surface area contributed by atoms with Crippen LogP contribution in [0.5, 0.6) is 5.75 Å². The van der Waals surface area contributed by atoms with Crippen molar-refractivity contribution in [3.8, 4) is 5.75 Å². The second-order valence-corrected chi connectivity index (χ2v) is 4.88. The number of methoxy groups -OCH3 is 1. The number of benzene rings is 1. The van der Waals surface area contributed by atoms with Crippen molar-refractivity contribution in [2.24, 2.45) is 0 Å². The standard InChI is InChI=1S/C13H16N4O2S/c1-3-10(9-6-4-5-7-11(9)19-2)15-12(18)16-13-17-14-8-20-13/h4-8,10H,3H2,1-2H3,(H2,15,16,17,18). The topological polar surface area (TPSA) is 76.1 Å². The van der Waals surface area contributed by atoms with Crippen LogP contribution < -0.4 is 15.4 Å². The summed E-state index contributed by atoms with van der Waals surface area (Å²) in [5, 5.41) is 13.5. The molecule has 0 aliphatic rings. The van der Waals surface area contributed by atoms with Crippen molar-refractivity contribution in [1.82, 2.24) is 15.5 Å². The molecule has 0 fully saturated rings. The van der Waals surface area contributed by atoms with Gasteiger partial charge in [0.15, 0.2) is 0 Å². The van der Waals surface area contributed by atoms with E-state index in [0.29, 0.717) is 5.13 Å². The molecule has 2 aromatic rings. The van der Waals surface area contributed by atoms with Gasteiger partial charge in [-0.2, -0.15) is 0 Å². The van der Waals surface area contributed by atoms with Gasteiger partial charge < -0.3 is 10.1 Å². The van der Waals surface area contributed by atoms with Crippen LogP contribution in [0.15, 0.2) is 29.8 Å². The highest BCUT2D eigenvalue weighted by molar-refractivity contribution is 7.13. The van der Waals surface area contributed by atoms with E-state index in [1.165, 1.54) is 11.3 Å². The smallest absolute Gasteiger partial charge is 0.321 e. The molecule has 0 spiro atoms. The van der Waals surface area contributed by atoms with Crippen LogP contribution in [0, 0.1) is 0 Å². The van der Waals surface area contributed by atoms with Gasteiger partial charge in [0.25, 0.3) is 0 Å². The number of hydrogen-bond donors (Lipinski definition) is 2. The fraction of sp³-hybridized carbons (Fsp3) is 0.308. The molecule has 6 nitrogen and oxygen atoms in total. The highest BCUT2D eigenvalue weighted by Crippen LogP contribution is 2.26. The lowest BCUT2D eigenvalue weighted by Crippen LogP contribution is -2.32. The van der Waals surface area contributed by atoms with Crippen molar-refractivity contribution in [3.05, 3.63) is 35.3 Å². The zero-order chi connectivity index (χ0) is 14.4. The Morgan fingerprint density at radius 3 is 2.90 bits per heavy atom. The van der Waals surface area contributed by atoms with Crippen molar-refractivity contribution in [2.45, 2.75) is 19.4 Å². The molecule has 1 unspecified atom stereocenters. The SMILES string of the molecule is CCC(NC(=O)Nc1nncs1)c1ccccc1OC. The van der Waals surface area contributed by atoms with Crippen molar-refractivity contribution in [3.63, 3.8) is 0 Å². The summed E-state index contributed by atoms with van der Waals surface area (Å²) in [6.07, 6.45) is 0.754. The molecule has 7 heteroatoms. The van der Waals surface area contributed by atoms with Gasteiger partial charge in [-0.25, -0.2) is 4.79 Å². The molecule has 20 heavy (non-hydrogen) atoms. The van der Waals surface area contributed by atoms with E-state index in [9.17, 15) is 4.79 Å². The molecule has 1 atom stereocenters. The van der Waals surface area contributed by atoms with Gasteiger partial charge in [-0.1, -0.05) is 36.5 Å². The molecule has 106 valence electrons. The number of nitrogens with zero attached hydrogens (tertiary/aromatic N) is 2. The van der Waals surface area contributed by atoms with E-state index in [0.717, 1.165) is 17.7 Å². The Kier molecular flexibility index (Phi) is 4.89. The van der Waals surface area contributed by atoms with Gasteiger partial charge in [-0.15, -0.1) is 10.2 Å². The summed E-state index contributed by atoms with van der Waals surface area (Å²) in [5.41, 5.74) is 2.51. The number of ether oxygens (including phenoxy) is 1. The van der Waals surface area contributed by atoms with E-state index >= 15 is 0 Å². The summed E-state index contributed by atoms with van der Waals surface area (Å²) >= 11 is 1.27. The predicted octanol–water partition coefficient (Wildman–Crippen LogP) is 2.82. The molecule has 0 aliphatic heterocycles. The van der Waals surface area contributed by atoms with E-state index < -0.39 is 0 Å². The van der Waals surface area contributed by atoms with Crippen LogP contribution in [0.2, 0.25) is 0 Å². The molecular formula is C13H16N4O2S. The van der Waals surface area contributed by atoms with Gasteiger partial charge in [-0.05, 0) is 12.5 Å². The van der Waals surface area contributed by atoms with Crippen LogP contribution in [0.1, 0.15) is 24.9 Å². The number of nitrogens with one attached hydrogen (secondary N) is 2. The number of carbonyl (C=O) groups is 1. The predicted molar refractivity (Wildman–Crippen MR) is 78.1 cm³/mol. The zero-order valence-electron chi connectivity index (χ0n) is 11.3. The minimum absolute atomic E-state index is 0.126. The number of carbonyl (C=O) groups excluding carboxylic acids is 1. The van der Waals surface area contributed by atoms with Crippen molar-refractivity contribution < 1.29 is 9.53 Å². The molecule has 0 radical (unpaired) electrons. The molecule has 0 aliphatic carbocycles. The lowest BCUT2D eigenvalue weighted by atomic mass is 10.0. The van der Waals surface area contributed by atoms with E-state index in [1.54, 1.807) is 12.6 Å². The largest absolute Gasteiger partial charge is 0.496 e. The minimum atomic E-state index is -0.306. The molecule has 0 bridgehead atoms. The van der Waals surface area contributed by atoms with E-state index in [-0.39, 0.29) is 12.1 Å². The molecule has 0 saturated carbocycles. The highest BCUT2D eigenvalue weighted by atomic mass is 32.1. The maximum atomic E-state index is 11.9. The average molecular weight is 292 g/mol. The molecule has 1 aromatic carbocycles. The number of para-hydroxylation sites is 1. The van der Waals surface area contributed by atoms with Crippen LogP contribution in [0.4, 0.5) is 9.93 Å². The van der Waals surface area contributed by atoms with E-state index in [4.69, 9.17) is 4.74 Å². The van der Waals surface area contributed by atoms with Gasteiger partial charge in [0, 0.05) is 5.56 Å². The minimum Gasteiger partial charge on any atom is -0.496 e. The van der Waals surface area contributed by atoms with Crippen molar-refractivity contribution >= 4 is 22.5 Å². The monoisotopic (exact) mass is 292 g/mol. The van der Waals surface area contributed by atoms with Gasteiger partial charge in [-0.3, -0.25) is 5.32 Å². The fourth-order valence-corrected chi connectivity index (χ4v) is 2.31. The molecule has 2 N–H and O–H groups in total. The summed E-state index contributed by atoms with van der Waals surface area (Å²) in [6, 6.07) is 7.21. The average Bonchev–Trinajstić information content (AvgIpc) is 2.97. The van der Waals surface area contributed by atoms with Crippen LogP contribution in [-0.2, 0) is 0 Å². The molecule has 0 saturated heterocycles. The number of anilines is 1. The number of rotatable bonds is 5. The van der Waals surface area contributed by atoms with Crippen LogP contribution in [0.3, 0.4) is 0 Å². The Morgan fingerprint density at radius 1 is 1.45 bits per heavy atom. The number of urea groups is 1. The summed E-state index contributed by atoms with van der Waals surface area (Å²) in [7, 11) is 1.62. The van der Waals surface area contributed by atoms with Gasteiger partial charge in [0.05, 0.1) is 13.2 Å². The summed E-state index contributed by atoms with van der Waals surface area (Å²) < 4.78 is 5.32. The molecular weight excluding hydrogens is 276 g/mol. The first-order valence-corrected chi connectivity index (χ1v) is 7.09. The van der Waals surface area contributed by atoms with Gasteiger partial charge in [0.2, 0.25) is 5.13 Å². The second-order valence-electron chi connectivity index (χ2n) is 4.05. The first-order valence-electron chi connectivity index (χ1n) is 6.21. The van der Waals surface area contributed by atoms with Crippen LogP contribution in [-0.4, -0.2) is 23.3 Å². The zero-order valence-corrected chi connectivity index (χ0v) is 12.1. The first-order chi connectivity index (χ1) is 9.74. The lowest BCUT2D eigenvalue weighted by Gasteiger charge is -2.19. The number of aromatic nitrogens is 2. The number of amides is 2. The first kappa shape index (κ1) is 14.3. The van der Waals surface area contributed by atoms with Crippen molar-refractivity contribution in [1.29, 1.82) is 0 Å². The summed E-state index contributed by atoms with van der Waals surface area (Å²) in [6.45, 7) is 2.00. The Labute approximate surface area is 121 Å². The molecule has 2 amide bonds. The van der Waals surface area contributed by atoms with Crippen molar-refractivity contribution in [2.75, 3.05) is 12.4 Å². The molecule has 1 aromatic heterocycles. The van der Waals surface area contributed by atoms with Gasteiger partial charge in [0.1, 0.15) is 11.3 Å². The van der Waals surface area contributed by atoms with Crippen LogP contribution >= 0.6 is 11.3 Å². The second kappa shape index (κ2) is 6.85. The molecule has 1 heterocycles. The Balaban J connectivity index is 2.06. The normalized spacial score (nSPS) is 11.7. The highest BCUT2D eigenvalue weighted by Gasteiger charge is 2.16. The Hall–Kier alpha value is -2.15. The fourth-order valence-electron chi connectivity index (χ4n) is 1.87. The number of hydrogen-bond acceptors (Lipinski definition) is 5. The van der Waals surface area contributed by atoms with E-state index in [2.05, 4.69) is 20.8 Å². The van der Waals surface area contributed by atoms with Crippen LogP contribution in [0.25, 0.3) is 0 Å². The maximum Gasteiger partial charge on any atom is 0.321 e. The van der Waals surface area contributed by atoms with E-state index in [1.807, 2.05) is 31.2 Å². The Bertz CT molecular complexity index is 559. The summed E-state index contributed by atoms with van der Waals surface area (Å²) in [4.78, 5) is 11.9. The lowest BCUT2D eigenvalue weighted by molar-refractivity contribution is 0.248. The summed E-state index contributed by atoms with van der Waals surface area (Å²) in [5.74, 6) is 0.760. The third kappa shape index (κ3) is 3.45. The third-order valence-electron chi connectivity index (χ3n) is 2.81. The quantitative estimate of drug-likeness (QED) is 0.888. The van der Waals surface area contributed by atoms with Gasteiger partial charge >= 0.3 is 6.03 Å².